The summed E-state index contributed by atoms with van der Waals surface area (Å²) < 4.78 is 5.51. The van der Waals surface area contributed by atoms with E-state index in [0.29, 0.717) is 16.5 Å². The van der Waals surface area contributed by atoms with Crippen LogP contribution in [0, 0.1) is 0 Å². The van der Waals surface area contributed by atoms with Gasteiger partial charge in [-0.05, 0) is 34.5 Å². The van der Waals surface area contributed by atoms with E-state index in [-0.39, 0.29) is 11.2 Å². The molecule has 0 amide bonds. The lowest BCUT2D eigenvalue weighted by molar-refractivity contribution is 0.474. The molecule has 1 heterocycles. The maximum atomic E-state index is 12.6. The van der Waals surface area contributed by atoms with Crippen LogP contribution in [0.15, 0.2) is 76.1 Å². The van der Waals surface area contributed by atoms with Gasteiger partial charge in [-0.25, -0.2) is 0 Å². The molecular formula is C19H12O3. The molecule has 1 aromatic heterocycles. The summed E-state index contributed by atoms with van der Waals surface area (Å²) in [6.07, 6.45) is 1.45. The number of hydrogen-bond acceptors (Lipinski definition) is 3. The van der Waals surface area contributed by atoms with Crippen LogP contribution in [0.4, 0.5) is 0 Å². The minimum Gasteiger partial charge on any atom is -0.508 e. The minimum absolute atomic E-state index is 0.0779. The average molecular weight is 288 g/mol. The van der Waals surface area contributed by atoms with Gasteiger partial charge in [-0.3, -0.25) is 4.79 Å². The van der Waals surface area contributed by atoms with Gasteiger partial charge in [0.1, 0.15) is 17.6 Å². The standard InChI is InChI=1S/C19H12O3/c20-15-7-8-16-18(10-15)22-11-17(19(16)21)14-6-5-12-3-1-2-4-13(12)9-14/h1-11,20H. The fraction of sp³-hybridized carbons (Fsp3) is 0. The Morgan fingerprint density at radius 2 is 1.68 bits per heavy atom. The molecule has 106 valence electrons. The van der Waals surface area contributed by atoms with Crippen molar-refractivity contribution in [1.29, 1.82) is 0 Å². The largest absolute Gasteiger partial charge is 0.508 e. The molecule has 3 heteroatoms. The highest BCUT2D eigenvalue weighted by Gasteiger charge is 2.10. The summed E-state index contributed by atoms with van der Waals surface area (Å²) in [6, 6.07) is 18.4. The molecule has 0 aliphatic heterocycles. The molecule has 0 radical (unpaired) electrons. The monoisotopic (exact) mass is 288 g/mol. The Morgan fingerprint density at radius 1 is 0.864 bits per heavy atom. The predicted molar refractivity (Wildman–Crippen MR) is 87.1 cm³/mol. The van der Waals surface area contributed by atoms with Gasteiger partial charge in [-0.1, -0.05) is 36.4 Å². The average Bonchev–Trinajstić information content (AvgIpc) is 2.54. The van der Waals surface area contributed by atoms with Gasteiger partial charge in [-0.2, -0.15) is 0 Å². The molecule has 3 nitrogen and oxygen atoms in total. The molecule has 0 spiro atoms. The molecule has 0 saturated carbocycles. The number of phenols is 1. The van der Waals surface area contributed by atoms with Crippen molar-refractivity contribution in [2.45, 2.75) is 0 Å². The zero-order valence-corrected chi connectivity index (χ0v) is 11.6. The summed E-state index contributed by atoms with van der Waals surface area (Å²) in [6.45, 7) is 0. The van der Waals surface area contributed by atoms with Gasteiger partial charge in [-0.15, -0.1) is 0 Å². The molecule has 3 aromatic carbocycles. The van der Waals surface area contributed by atoms with Gasteiger partial charge in [0.15, 0.2) is 5.43 Å². The molecule has 1 N–H and O–H groups in total. The van der Waals surface area contributed by atoms with Gasteiger partial charge in [0, 0.05) is 6.07 Å². The van der Waals surface area contributed by atoms with E-state index in [4.69, 9.17) is 4.42 Å². The Balaban J connectivity index is 1.97. The lowest BCUT2D eigenvalue weighted by atomic mass is 10.0. The van der Waals surface area contributed by atoms with Gasteiger partial charge in [0.2, 0.25) is 0 Å². The molecule has 0 aliphatic rings. The molecule has 4 aromatic rings. The third kappa shape index (κ3) is 1.95. The molecule has 0 fully saturated rings. The summed E-state index contributed by atoms with van der Waals surface area (Å²) in [5.74, 6) is 0.0779. The van der Waals surface area contributed by atoms with E-state index in [1.165, 1.54) is 18.4 Å². The highest BCUT2D eigenvalue weighted by molar-refractivity contribution is 5.89. The number of hydrogen-bond donors (Lipinski definition) is 1. The summed E-state index contributed by atoms with van der Waals surface area (Å²) in [4.78, 5) is 12.6. The van der Waals surface area contributed by atoms with E-state index in [1.807, 2.05) is 42.5 Å². The molecule has 22 heavy (non-hydrogen) atoms. The third-order valence-electron chi connectivity index (χ3n) is 3.82. The van der Waals surface area contributed by atoms with E-state index in [9.17, 15) is 9.90 Å². The van der Waals surface area contributed by atoms with Crippen LogP contribution in [0.25, 0.3) is 32.9 Å². The van der Waals surface area contributed by atoms with Gasteiger partial charge < -0.3 is 9.52 Å². The second kappa shape index (κ2) is 4.74. The molecule has 0 aliphatic carbocycles. The summed E-state index contributed by atoms with van der Waals surface area (Å²) in [5, 5.41) is 12.1. The zero-order valence-electron chi connectivity index (χ0n) is 11.6. The molecule has 4 rings (SSSR count). The fourth-order valence-electron chi connectivity index (χ4n) is 2.67. The second-order valence-corrected chi connectivity index (χ2v) is 5.22. The smallest absolute Gasteiger partial charge is 0.200 e. The highest BCUT2D eigenvalue weighted by Crippen LogP contribution is 2.25. The highest BCUT2D eigenvalue weighted by atomic mass is 16.3. The quantitative estimate of drug-likeness (QED) is 0.567. The Kier molecular flexibility index (Phi) is 2.73. The van der Waals surface area contributed by atoms with Crippen molar-refractivity contribution in [2.75, 3.05) is 0 Å². The Morgan fingerprint density at radius 3 is 2.55 bits per heavy atom. The Hall–Kier alpha value is -3.07. The maximum Gasteiger partial charge on any atom is 0.200 e. The van der Waals surface area contributed by atoms with Crippen LogP contribution in [0.1, 0.15) is 0 Å². The van der Waals surface area contributed by atoms with Crippen LogP contribution in [0.2, 0.25) is 0 Å². The molecule has 0 saturated heterocycles. The molecule has 0 bridgehead atoms. The van der Waals surface area contributed by atoms with E-state index in [2.05, 4.69) is 0 Å². The van der Waals surface area contributed by atoms with E-state index in [1.54, 1.807) is 6.07 Å². The number of rotatable bonds is 1. The lowest BCUT2D eigenvalue weighted by Gasteiger charge is -2.05. The predicted octanol–water partition coefficient (Wildman–Crippen LogP) is 4.32. The number of benzene rings is 3. The van der Waals surface area contributed by atoms with E-state index in [0.717, 1.165) is 16.3 Å². The molecular weight excluding hydrogens is 276 g/mol. The van der Waals surface area contributed by atoms with Crippen LogP contribution in [0.5, 0.6) is 5.75 Å². The molecule has 0 atom stereocenters. The van der Waals surface area contributed by atoms with E-state index < -0.39 is 0 Å². The maximum absolute atomic E-state index is 12.6. The Bertz CT molecular complexity index is 1060. The molecule has 0 unspecified atom stereocenters. The van der Waals surface area contributed by atoms with Gasteiger partial charge >= 0.3 is 0 Å². The van der Waals surface area contributed by atoms with Crippen molar-refractivity contribution in [3.63, 3.8) is 0 Å². The normalized spacial score (nSPS) is 11.1. The van der Waals surface area contributed by atoms with Crippen LogP contribution >= 0.6 is 0 Å². The Labute approximate surface area is 126 Å². The first kappa shape index (κ1) is 12.7. The topological polar surface area (TPSA) is 50.4 Å². The third-order valence-corrected chi connectivity index (χ3v) is 3.82. The second-order valence-electron chi connectivity index (χ2n) is 5.22. The first-order valence-corrected chi connectivity index (χ1v) is 6.96. The first-order valence-electron chi connectivity index (χ1n) is 6.96. The summed E-state index contributed by atoms with van der Waals surface area (Å²) in [5.41, 5.74) is 1.62. The summed E-state index contributed by atoms with van der Waals surface area (Å²) >= 11 is 0. The van der Waals surface area contributed by atoms with E-state index >= 15 is 0 Å². The lowest BCUT2D eigenvalue weighted by Crippen LogP contribution is -2.04. The minimum atomic E-state index is -0.100. The summed E-state index contributed by atoms with van der Waals surface area (Å²) in [7, 11) is 0. The number of phenolic OH excluding ortho intramolecular Hbond substituents is 1. The van der Waals surface area contributed by atoms with Crippen molar-refractivity contribution in [3.8, 4) is 16.9 Å². The fourth-order valence-corrected chi connectivity index (χ4v) is 2.67. The van der Waals surface area contributed by atoms with Crippen molar-refractivity contribution >= 4 is 21.7 Å². The zero-order chi connectivity index (χ0) is 15.1. The van der Waals surface area contributed by atoms with Crippen molar-refractivity contribution in [3.05, 3.63) is 77.2 Å². The van der Waals surface area contributed by atoms with Crippen molar-refractivity contribution < 1.29 is 9.52 Å². The van der Waals surface area contributed by atoms with Crippen LogP contribution in [-0.2, 0) is 0 Å². The van der Waals surface area contributed by atoms with Crippen molar-refractivity contribution in [2.24, 2.45) is 0 Å². The van der Waals surface area contributed by atoms with Crippen LogP contribution in [0.3, 0.4) is 0 Å². The van der Waals surface area contributed by atoms with Gasteiger partial charge in [0.05, 0.1) is 10.9 Å². The van der Waals surface area contributed by atoms with Crippen LogP contribution < -0.4 is 5.43 Å². The van der Waals surface area contributed by atoms with Crippen LogP contribution in [-0.4, -0.2) is 5.11 Å². The van der Waals surface area contributed by atoms with Gasteiger partial charge in [0.25, 0.3) is 0 Å². The first-order chi connectivity index (χ1) is 10.7. The number of aromatic hydroxyl groups is 1. The van der Waals surface area contributed by atoms with Crippen molar-refractivity contribution in [1.82, 2.24) is 0 Å². The number of fused-ring (bicyclic) bond motifs is 2. The SMILES string of the molecule is O=c1c(-c2ccc3ccccc3c2)coc2cc(O)ccc12.